The van der Waals surface area contributed by atoms with Crippen LogP contribution in [-0.4, -0.2) is 38.4 Å². The summed E-state index contributed by atoms with van der Waals surface area (Å²) in [5.41, 5.74) is 1.63. The number of likely N-dealkylation sites (tertiary alicyclic amines) is 1. The first-order chi connectivity index (χ1) is 9.83. The van der Waals surface area contributed by atoms with E-state index in [1.807, 2.05) is 17.0 Å². The van der Waals surface area contributed by atoms with Crippen LogP contribution < -0.4 is 10.5 Å². The van der Waals surface area contributed by atoms with Crippen LogP contribution in [0, 0.1) is 0 Å². The van der Waals surface area contributed by atoms with E-state index < -0.39 is 10.0 Å². The Balaban J connectivity index is 1.88. The number of benzene rings is 1. The molecule has 0 radical (unpaired) electrons. The van der Waals surface area contributed by atoms with Gasteiger partial charge < -0.3 is 10.2 Å². The van der Waals surface area contributed by atoms with Gasteiger partial charge >= 0.3 is 0 Å². The minimum absolute atomic E-state index is 0.126. The first kappa shape index (κ1) is 15.8. The number of anilines is 1. The van der Waals surface area contributed by atoms with Gasteiger partial charge in [-0.3, -0.25) is 4.79 Å². The molecule has 1 heterocycles. The van der Waals surface area contributed by atoms with E-state index in [4.69, 9.17) is 5.14 Å². The molecule has 1 fully saturated rings. The number of hydrogen-bond donors (Lipinski definition) is 2. The van der Waals surface area contributed by atoms with E-state index in [1.165, 1.54) is 0 Å². The standard InChI is InChI=1S/C14H21N3O3S/c1-11(18)17-8-6-14(7-9-17)16-13-4-2-12(3-5-13)10-21(15,19)20/h2-5,14,16H,6-10H2,1H3,(H2,15,19,20). The van der Waals surface area contributed by atoms with Gasteiger partial charge in [-0.1, -0.05) is 12.1 Å². The monoisotopic (exact) mass is 311 g/mol. The molecular weight excluding hydrogens is 290 g/mol. The van der Waals surface area contributed by atoms with E-state index in [0.717, 1.165) is 31.6 Å². The van der Waals surface area contributed by atoms with E-state index in [1.54, 1.807) is 19.1 Å². The first-order valence-electron chi connectivity index (χ1n) is 6.95. The van der Waals surface area contributed by atoms with Crippen molar-refractivity contribution in [1.29, 1.82) is 0 Å². The van der Waals surface area contributed by atoms with Gasteiger partial charge in [-0.2, -0.15) is 0 Å². The average Bonchev–Trinajstić information content (AvgIpc) is 2.40. The maximum atomic E-state index is 11.3. The van der Waals surface area contributed by atoms with Gasteiger partial charge in [-0.05, 0) is 30.5 Å². The van der Waals surface area contributed by atoms with E-state index in [9.17, 15) is 13.2 Å². The number of carbonyl (C=O) groups is 1. The molecule has 0 spiro atoms. The Labute approximate surface area is 125 Å². The third kappa shape index (κ3) is 5.02. The minimum atomic E-state index is -3.49. The molecule has 21 heavy (non-hydrogen) atoms. The van der Waals surface area contributed by atoms with Crippen LogP contribution in [0.1, 0.15) is 25.3 Å². The van der Waals surface area contributed by atoms with E-state index in [-0.39, 0.29) is 11.7 Å². The Bertz CT molecular complexity index is 590. The summed E-state index contributed by atoms with van der Waals surface area (Å²) < 4.78 is 22.0. The second-order valence-corrected chi connectivity index (χ2v) is 7.04. The maximum absolute atomic E-state index is 11.3. The van der Waals surface area contributed by atoms with Crippen molar-refractivity contribution >= 4 is 21.6 Å². The Morgan fingerprint density at radius 1 is 1.29 bits per heavy atom. The number of primary sulfonamides is 1. The van der Waals surface area contributed by atoms with Crippen molar-refractivity contribution in [2.24, 2.45) is 5.14 Å². The molecular formula is C14H21N3O3S. The normalized spacial score (nSPS) is 16.8. The van der Waals surface area contributed by atoms with Gasteiger partial charge in [0.15, 0.2) is 0 Å². The number of nitrogens with two attached hydrogens (primary N) is 1. The molecule has 1 aromatic rings. The van der Waals surface area contributed by atoms with Gasteiger partial charge in [0.1, 0.15) is 0 Å². The minimum Gasteiger partial charge on any atom is -0.382 e. The number of rotatable bonds is 4. The summed E-state index contributed by atoms with van der Waals surface area (Å²) in [6, 6.07) is 7.58. The van der Waals surface area contributed by atoms with Gasteiger partial charge in [0.2, 0.25) is 15.9 Å². The molecule has 116 valence electrons. The van der Waals surface area contributed by atoms with Gasteiger partial charge in [0.25, 0.3) is 0 Å². The van der Waals surface area contributed by atoms with Crippen molar-refractivity contribution < 1.29 is 13.2 Å². The maximum Gasteiger partial charge on any atom is 0.219 e. The van der Waals surface area contributed by atoms with Crippen LogP contribution in [-0.2, 0) is 20.6 Å². The zero-order valence-electron chi connectivity index (χ0n) is 12.1. The predicted molar refractivity (Wildman–Crippen MR) is 82.2 cm³/mol. The second-order valence-electron chi connectivity index (χ2n) is 5.43. The highest BCUT2D eigenvalue weighted by Crippen LogP contribution is 2.17. The molecule has 1 saturated heterocycles. The molecule has 0 aliphatic carbocycles. The van der Waals surface area contributed by atoms with Gasteiger partial charge in [0.05, 0.1) is 5.75 Å². The summed E-state index contributed by atoms with van der Waals surface area (Å²) in [6.07, 6.45) is 1.83. The van der Waals surface area contributed by atoms with E-state index in [2.05, 4.69) is 5.32 Å². The van der Waals surface area contributed by atoms with Crippen LogP contribution in [0.4, 0.5) is 5.69 Å². The highest BCUT2D eigenvalue weighted by Gasteiger charge is 2.20. The zero-order valence-corrected chi connectivity index (χ0v) is 12.9. The lowest BCUT2D eigenvalue weighted by molar-refractivity contribution is -0.129. The highest BCUT2D eigenvalue weighted by atomic mass is 32.2. The zero-order chi connectivity index (χ0) is 15.5. The Morgan fingerprint density at radius 2 is 1.86 bits per heavy atom. The Kier molecular flexibility index (Phi) is 4.84. The lowest BCUT2D eigenvalue weighted by Gasteiger charge is -2.32. The molecule has 0 unspecified atom stereocenters. The molecule has 6 nitrogen and oxygen atoms in total. The number of sulfonamides is 1. The van der Waals surface area contributed by atoms with Crippen LogP contribution >= 0.6 is 0 Å². The Hall–Kier alpha value is -1.60. The molecule has 1 amide bonds. The largest absolute Gasteiger partial charge is 0.382 e. The number of hydrogen-bond acceptors (Lipinski definition) is 4. The van der Waals surface area contributed by atoms with Crippen LogP contribution in [0.2, 0.25) is 0 Å². The van der Waals surface area contributed by atoms with Crippen LogP contribution in [0.25, 0.3) is 0 Å². The molecule has 0 bridgehead atoms. The molecule has 1 aromatic carbocycles. The Morgan fingerprint density at radius 3 is 2.33 bits per heavy atom. The number of amides is 1. The molecule has 0 aromatic heterocycles. The third-order valence-electron chi connectivity index (χ3n) is 3.63. The molecule has 0 atom stereocenters. The van der Waals surface area contributed by atoms with Crippen LogP contribution in [0.15, 0.2) is 24.3 Å². The van der Waals surface area contributed by atoms with Crippen LogP contribution in [0.3, 0.4) is 0 Å². The van der Waals surface area contributed by atoms with E-state index in [0.29, 0.717) is 11.6 Å². The number of nitrogens with one attached hydrogen (secondary N) is 1. The average molecular weight is 311 g/mol. The van der Waals surface area contributed by atoms with Gasteiger partial charge in [0, 0.05) is 31.7 Å². The second kappa shape index (κ2) is 6.44. The molecule has 3 N–H and O–H groups in total. The quantitative estimate of drug-likeness (QED) is 0.864. The van der Waals surface area contributed by atoms with E-state index >= 15 is 0 Å². The number of carbonyl (C=O) groups excluding carboxylic acids is 1. The fourth-order valence-electron chi connectivity index (χ4n) is 2.50. The fraction of sp³-hybridized carbons (Fsp3) is 0.500. The van der Waals surface area contributed by atoms with Gasteiger partial charge in [-0.15, -0.1) is 0 Å². The molecule has 7 heteroatoms. The van der Waals surface area contributed by atoms with Crippen molar-refractivity contribution in [3.8, 4) is 0 Å². The first-order valence-corrected chi connectivity index (χ1v) is 8.66. The summed E-state index contributed by atoms with van der Waals surface area (Å²) in [5, 5.41) is 8.43. The summed E-state index contributed by atoms with van der Waals surface area (Å²) in [5.74, 6) is -0.0228. The fourth-order valence-corrected chi connectivity index (χ4v) is 3.16. The summed E-state index contributed by atoms with van der Waals surface area (Å²) in [4.78, 5) is 13.1. The lowest BCUT2D eigenvalue weighted by Crippen LogP contribution is -2.41. The topological polar surface area (TPSA) is 92.5 Å². The smallest absolute Gasteiger partial charge is 0.219 e. The van der Waals surface area contributed by atoms with Crippen LogP contribution in [0.5, 0.6) is 0 Å². The summed E-state index contributed by atoms with van der Waals surface area (Å²) >= 11 is 0. The van der Waals surface area contributed by atoms with Crippen molar-refractivity contribution in [3.05, 3.63) is 29.8 Å². The highest BCUT2D eigenvalue weighted by molar-refractivity contribution is 7.88. The van der Waals surface area contributed by atoms with Crippen molar-refractivity contribution in [2.45, 2.75) is 31.6 Å². The molecule has 1 aliphatic heterocycles. The predicted octanol–water partition coefficient (Wildman–Crippen LogP) is 0.898. The lowest BCUT2D eigenvalue weighted by atomic mass is 10.0. The van der Waals surface area contributed by atoms with Crippen molar-refractivity contribution in [1.82, 2.24) is 4.90 Å². The molecule has 2 rings (SSSR count). The molecule has 1 aliphatic rings. The van der Waals surface area contributed by atoms with Gasteiger partial charge in [-0.25, -0.2) is 13.6 Å². The molecule has 0 saturated carbocycles. The van der Waals surface area contributed by atoms with Crippen molar-refractivity contribution in [3.63, 3.8) is 0 Å². The summed E-state index contributed by atoms with van der Waals surface area (Å²) in [7, 11) is -3.49. The SMILES string of the molecule is CC(=O)N1CCC(Nc2ccc(CS(N)(=O)=O)cc2)CC1. The summed E-state index contributed by atoms with van der Waals surface area (Å²) in [6.45, 7) is 3.14. The number of nitrogens with zero attached hydrogens (tertiary/aromatic N) is 1. The third-order valence-corrected chi connectivity index (χ3v) is 4.37. The number of piperidine rings is 1. The van der Waals surface area contributed by atoms with Crippen molar-refractivity contribution in [2.75, 3.05) is 18.4 Å².